The summed E-state index contributed by atoms with van der Waals surface area (Å²) in [7, 11) is 0. The van der Waals surface area contributed by atoms with E-state index in [1.165, 1.54) is 44.9 Å². The molecule has 1 fully saturated rings. The molecular weight excluding hydrogens is 170 g/mol. The minimum Gasteiger partial charge on any atom is -0.308 e. The fraction of sp³-hybridized carbons (Fsp3) is 0.846. The van der Waals surface area contributed by atoms with Gasteiger partial charge in [-0.1, -0.05) is 31.9 Å². The fourth-order valence-corrected chi connectivity index (χ4v) is 2.79. The Morgan fingerprint density at radius 3 is 2.64 bits per heavy atom. The molecule has 2 rings (SSSR count). The molecule has 0 amide bonds. The normalized spacial score (nSPS) is 38.5. The predicted octanol–water partition coefficient (Wildman–Crippen LogP) is 3.26. The lowest BCUT2D eigenvalue weighted by molar-refractivity contribution is 0.263. The van der Waals surface area contributed by atoms with Crippen molar-refractivity contribution < 1.29 is 0 Å². The highest BCUT2D eigenvalue weighted by molar-refractivity contribution is 4.99. The Morgan fingerprint density at radius 1 is 1.07 bits per heavy atom. The number of hydrogen-bond acceptors (Lipinski definition) is 1. The minimum absolute atomic E-state index is 0.675. The summed E-state index contributed by atoms with van der Waals surface area (Å²) in [6, 6.07) is 1.46. The summed E-state index contributed by atoms with van der Waals surface area (Å²) < 4.78 is 0. The molecule has 0 aromatic carbocycles. The summed E-state index contributed by atoms with van der Waals surface area (Å²) in [6.45, 7) is 2.41. The molecule has 0 saturated heterocycles. The lowest BCUT2D eigenvalue weighted by atomic mass is 9.85. The Morgan fingerprint density at radius 2 is 1.93 bits per heavy atom. The van der Waals surface area contributed by atoms with E-state index in [4.69, 9.17) is 0 Å². The molecule has 80 valence electrons. The van der Waals surface area contributed by atoms with Crippen LogP contribution >= 0.6 is 0 Å². The van der Waals surface area contributed by atoms with Crippen LogP contribution in [-0.2, 0) is 0 Å². The first-order valence-electron chi connectivity index (χ1n) is 6.29. The molecule has 2 aliphatic carbocycles. The highest BCUT2D eigenvalue weighted by Crippen LogP contribution is 2.25. The second kappa shape index (κ2) is 4.97. The fourth-order valence-electron chi connectivity index (χ4n) is 2.79. The number of nitrogens with one attached hydrogen (secondary N) is 1. The second-order valence-electron chi connectivity index (χ2n) is 5.00. The van der Waals surface area contributed by atoms with E-state index in [0.717, 1.165) is 12.0 Å². The molecule has 0 radical (unpaired) electrons. The van der Waals surface area contributed by atoms with E-state index in [1.54, 1.807) is 0 Å². The summed E-state index contributed by atoms with van der Waals surface area (Å²) in [5.41, 5.74) is 0. The van der Waals surface area contributed by atoms with Crippen LogP contribution in [-0.4, -0.2) is 12.1 Å². The quantitative estimate of drug-likeness (QED) is 0.664. The van der Waals surface area contributed by atoms with E-state index >= 15 is 0 Å². The average molecular weight is 193 g/mol. The van der Waals surface area contributed by atoms with Crippen molar-refractivity contribution in [1.82, 2.24) is 5.32 Å². The van der Waals surface area contributed by atoms with Crippen LogP contribution in [0.4, 0.5) is 0 Å². The molecule has 3 atom stereocenters. The summed E-state index contributed by atoms with van der Waals surface area (Å²) >= 11 is 0. The van der Waals surface area contributed by atoms with Crippen molar-refractivity contribution in [2.45, 2.75) is 64.0 Å². The van der Waals surface area contributed by atoms with Crippen LogP contribution in [0, 0.1) is 5.92 Å². The summed E-state index contributed by atoms with van der Waals surface area (Å²) in [6.07, 6.45) is 14.4. The van der Waals surface area contributed by atoms with Gasteiger partial charge < -0.3 is 5.32 Å². The zero-order valence-electron chi connectivity index (χ0n) is 9.34. The van der Waals surface area contributed by atoms with Crippen LogP contribution in [0.3, 0.4) is 0 Å². The van der Waals surface area contributed by atoms with Gasteiger partial charge in [-0.25, -0.2) is 0 Å². The zero-order valence-corrected chi connectivity index (χ0v) is 9.34. The lowest BCUT2D eigenvalue weighted by Gasteiger charge is -2.33. The van der Waals surface area contributed by atoms with E-state index in [9.17, 15) is 0 Å². The van der Waals surface area contributed by atoms with Gasteiger partial charge in [0.25, 0.3) is 0 Å². The monoisotopic (exact) mass is 193 g/mol. The van der Waals surface area contributed by atoms with Gasteiger partial charge in [0.2, 0.25) is 0 Å². The number of allylic oxidation sites excluding steroid dienone is 1. The highest BCUT2D eigenvalue weighted by Gasteiger charge is 2.23. The van der Waals surface area contributed by atoms with Gasteiger partial charge in [0.1, 0.15) is 0 Å². The maximum absolute atomic E-state index is 3.82. The first-order valence-corrected chi connectivity index (χ1v) is 6.29. The van der Waals surface area contributed by atoms with E-state index in [0.29, 0.717) is 6.04 Å². The van der Waals surface area contributed by atoms with Crippen molar-refractivity contribution in [2.75, 3.05) is 0 Å². The van der Waals surface area contributed by atoms with Gasteiger partial charge in [0, 0.05) is 12.1 Å². The number of rotatable bonds is 2. The molecular formula is C13H23N. The molecule has 0 bridgehead atoms. The van der Waals surface area contributed by atoms with Crippen LogP contribution in [0.25, 0.3) is 0 Å². The molecule has 2 aliphatic rings. The molecule has 14 heavy (non-hydrogen) atoms. The van der Waals surface area contributed by atoms with Gasteiger partial charge in [-0.3, -0.25) is 0 Å². The molecule has 0 aromatic heterocycles. The smallest absolute Gasteiger partial charge is 0.0252 e. The first-order chi connectivity index (χ1) is 6.86. The van der Waals surface area contributed by atoms with Crippen molar-refractivity contribution >= 4 is 0 Å². The summed E-state index contributed by atoms with van der Waals surface area (Å²) in [5.74, 6) is 0.888. The molecule has 1 N–H and O–H groups in total. The van der Waals surface area contributed by atoms with Crippen molar-refractivity contribution in [3.05, 3.63) is 12.2 Å². The third kappa shape index (κ3) is 2.60. The van der Waals surface area contributed by atoms with Crippen LogP contribution in [0.5, 0.6) is 0 Å². The van der Waals surface area contributed by atoms with Crippen molar-refractivity contribution in [2.24, 2.45) is 5.92 Å². The molecule has 1 saturated carbocycles. The third-order valence-electron chi connectivity index (χ3n) is 3.79. The van der Waals surface area contributed by atoms with E-state index in [2.05, 4.69) is 24.4 Å². The van der Waals surface area contributed by atoms with Crippen molar-refractivity contribution in [1.29, 1.82) is 0 Å². The van der Waals surface area contributed by atoms with Gasteiger partial charge in [-0.15, -0.1) is 0 Å². The van der Waals surface area contributed by atoms with E-state index < -0.39 is 0 Å². The van der Waals surface area contributed by atoms with E-state index in [1.807, 2.05) is 0 Å². The van der Waals surface area contributed by atoms with Gasteiger partial charge in [0.05, 0.1) is 0 Å². The predicted molar refractivity (Wildman–Crippen MR) is 61.3 cm³/mol. The maximum Gasteiger partial charge on any atom is 0.0252 e. The zero-order chi connectivity index (χ0) is 9.80. The number of hydrogen-bond donors (Lipinski definition) is 1. The Balaban J connectivity index is 1.82. The van der Waals surface area contributed by atoms with Gasteiger partial charge in [-0.2, -0.15) is 0 Å². The SMILES string of the molecule is CC1CCCCC1NC1C=CCCC1. The second-order valence-corrected chi connectivity index (χ2v) is 5.00. The minimum atomic E-state index is 0.675. The van der Waals surface area contributed by atoms with Crippen LogP contribution in [0.15, 0.2) is 12.2 Å². The first kappa shape index (κ1) is 10.2. The van der Waals surface area contributed by atoms with Gasteiger partial charge in [-0.05, 0) is 38.0 Å². The third-order valence-corrected chi connectivity index (χ3v) is 3.79. The van der Waals surface area contributed by atoms with Gasteiger partial charge in [0.15, 0.2) is 0 Å². The van der Waals surface area contributed by atoms with Crippen LogP contribution < -0.4 is 5.32 Å². The van der Waals surface area contributed by atoms with E-state index in [-0.39, 0.29) is 0 Å². The summed E-state index contributed by atoms with van der Waals surface area (Å²) in [4.78, 5) is 0. The molecule has 0 aromatic rings. The Labute approximate surface area is 88.0 Å². The van der Waals surface area contributed by atoms with Crippen LogP contribution in [0.2, 0.25) is 0 Å². The van der Waals surface area contributed by atoms with Crippen molar-refractivity contribution in [3.8, 4) is 0 Å². The highest BCUT2D eigenvalue weighted by atomic mass is 15.0. The maximum atomic E-state index is 3.82. The average Bonchev–Trinajstić information content (AvgIpc) is 2.23. The Kier molecular flexibility index (Phi) is 3.63. The largest absolute Gasteiger partial charge is 0.308 e. The molecule has 0 spiro atoms. The molecule has 3 unspecified atom stereocenters. The molecule has 1 nitrogen and oxygen atoms in total. The Bertz CT molecular complexity index is 197. The summed E-state index contributed by atoms with van der Waals surface area (Å²) in [5, 5.41) is 3.82. The standard InChI is InChI=1S/C13H23N/c1-11-7-5-6-10-13(11)14-12-8-3-2-4-9-12/h3,8,11-14H,2,4-7,9-10H2,1H3. The molecule has 0 aliphatic heterocycles. The van der Waals surface area contributed by atoms with Crippen molar-refractivity contribution in [3.63, 3.8) is 0 Å². The topological polar surface area (TPSA) is 12.0 Å². The molecule has 1 heteroatoms. The Hall–Kier alpha value is -0.300. The lowest BCUT2D eigenvalue weighted by Crippen LogP contribution is -2.43. The molecule has 0 heterocycles. The van der Waals surface area contributed by atoms with Crippen LogP contribution in [0.1, 0.15) is 51.9 Å². The van der Waals surface area contributed by atoms with Gasteiger partial charge >= 0.3 is 0 Å².